The van der Waals surface area contributed by atoms with Crippen LogP contribution in [0.5, 0.6) is 0 Å². The summed E-state index contributed by atoms with van der Waals surface area (Å²) < 4.78 is 18.3. The molecule has 0 aliphatic rings. The summed E-state index contributed by atoms with van der Waals surface area (Å²) >= 11 is 11.1. The molecule has 0 aliphatic carbocycles. The van der Waals surface area contributed by atoms with Crippen LogP contribution < -0.4 is 0 Å². The predicted molar refractivity (Wildman–Crippen MR) is 57.1 cm³/mol. The van der Waals surface area contributed by atoms with Gasteiger partial charge in [-0.25, -0.2) is 0 Å². The van der Waals surface area contributed by atoms with Gasteiger partial charge in [0, 0.05) is 31.4 Å². The third-order valence-electron chi connectivity index (χ3n) is 0.804. The van der Waals surface area contributed by atoms with E-state index in [9.17, 15) is 0 Å². The van der Waals surface area contributed by atoms with Crippen molar-refractivity contribution in [3.8, 4) is 0 Å². The minimum atomic E-state index is -3.72. The Morgan fingerprint density at radius 3 is 1.15 bits per heavy atom. The fourth-order valence-corrected chi connectivity index (χ4v) is 0.682. The van der Waals surface area contributed by atoms with Crippen molar-refractivity contribution in [1.29, 1.82) is 0 Å². The summed E-state index contributed by atoms with van der Waals surface area (Å²) in [6.07, 6.45) is 0. The minimum absolute atomic E-state index is 0.717. The molecular weight excluding hydrogens is 278 g/mol. The van der Waals surface area contributed by atoms with Crippen LogP contribution in [-0.2, 0) is 8.26 Å². The predicted octanol–water partition coefficient (Wildman–Crippen LogP) is 3.70. The molecule has 0 saturated carbocycles. The lowest BCUT2D eigenvalue weighted by Crippen LogP contribution is -1.63. The summed E-state index contributed by atoms with van der Waals surface area (Å²) in [5.74, 6) is 0. The molecule has 2 nitrogen and oxygen atoms in total. The quantitative estimate of drug-likeness (QED) is 0.680. The van der Waals surface area contributed by atoms with Crippen molar-refractivity contribution in [3.63, 3.8) is 0 Å². The second-order valence-electron chi connectivity index (χ2n) is 1.81. The van der Waals surface area contributed by atoms with Crippen molar-refractivity contribution >= 4 is 52.8 Å². The van der Waals surface area contributed by atoms with Gasteiger partial charge in [0.1, 0.15) is 0 Å². The highest BCUT2D eigenvalue weighted by Crippen LogP contribution is 2.12. The number of hydrogen-bond donors (Lipinski definition) is 0. The second kappa shape index (κ2) is 5.94. The summed E-state index contributed by atoms with van der Waals surface area (Å²) in [5.41, 5.74) is 0. The van der Waals surface area contributed by atoms with Gasteiger partial charge in [0.25, 0.3) is 0 Å². The lowest BCUT2D eigenvalue weighted by molar-refractivity contribution is 0.621. The molecule has 0 aliphatic heterocycles. The monoisotopic (exact) mass is 280 g/mol. The zero-order valence-corrected chi connectivity index (χ0v) is 9.89. The van der Waals surface area contributed by atoms with Crippen LogP contribution in [0.2, 0.25) is 10.0 Å². The van der Waals surface area contributed by atoms with Crippen LogP contribution in [0, 0.1) is 0 Å². The standard InChI is InChI=1S/C6H4Cl2.Cl2O2S/c7-5-1-2-6(8)4-3-5;1-5(2,3)4/h1-4H;. The van der Waals surface area contributed by atoms with Crippen molar-refractivity contribution in [1.82, 2.24) is 0 Å². The molecule has 0 radical (unpaired) electrons. The molecule has 13 heavy (non-hydrogen) atoms. The maximum absolute atomic E-state index is 9.16. The Kier molecular flexibility index (Phi) is 6.09. The summed E-state index contributed by atoms with van der Waals surface area (Å²) in [5, 5.41) is 1.43. The molecule has 0 spiro atoms. The summed E-state index contributed by atoms with van der Waals surface area (Å²) in [7, 11) is 4.81. The van der Waals surface area contributed by atoms with E-state index in [4.69, 9.17) is 31.6 Å². The van der Waals surface area contributed by atoms with Crippen LogP contribution in [0.25, 0.3) is 0 Å². The normalized spacial score (nSPS) is 10.2. The number of benzene rings is 1. The Bertz CT molecular complexity index is 316. The fourth-order valence-electron chi connectivity index (χ4n) is 0.430. The molecule has 0 atom stereocenters. The molecule has 0 fully saturated rings. The zero-order chi connectivity index (χ0) is 10.5. The first-order chi connectivity index (χ1) is 5.79. The molecule has 1 aromatic rings. The Labute approximate surface area is 95.3 Å². The van der Waals surface area contributed by atoms with Gasteiger partial charge >= 0.3 is 8.26 Å². The molecule has 0 aromatic heterocycles. The van der Waals surface area contributed by atoms with Gasteiger partial charge in [-0.3, -0.25) is 0 Å². The Morgan fingerprint density at radius 2 is 1.00 bits per heavy atom. The van der Waals surface area contributed by atoms with Crippen LogP contribution in [-0.4, -0.2) is 8.42 Å². The van der Waals surface area contributed by atoms with Gasteiger partial charge in [-0.2, -0.15) is 8.42 Å². The van der Waals surface area contributed by atoms with Crippen LogP contribution in [0.4, 0.5) is 0 Å². The van der Waals surface area contributed by atoms with Crippen LogP contribution in [0.3, 0.4) is 0 Å². The summed E-state index contributed by atoms with van der Waals surface area (Å²) in [4.78, 5) is 0. The average molecular weight is 282 g/mol. The molecule has 0 N–H and O–H groups in total. The molecule has 1 rings (SSSR count). The first kappa shape index (κ1) is 13.3. The van der Waals surface area contributed by atoms with E-state index in [0.717, 1.165) is 10.0 Å². The van der Waals surface area contributed by atoms with Gasteiger partial charge in [-0.1, -0.05) is 23.2 Å². The molecule has 74 valence electrons. The Morgan fingerprint density at radius 1 is 0.846 bits per heavy atom. The van der Waals surface area contributed by atoms with Crippen LogP contribution in [0.1, 0.15) is 0 Å². The highest BCUT2D eigenvalue weighted by atomic mass is 36.0. The van der Waals surface area contributed by atoms with E-state index in [1.165, 1.54) is 0 Å². The van der Waals surface area contributed by atoms with E-state index in [2.05, 4.69) is 21.4 Å². The van der Waals surface area contributed by atoms with Gasteiger partial charge in [0.2, 0.25) is 0 Å². The van der Waals surface area contributed by atoms with Crippen molar-refractivity contribution < 1.29 is 8.42 Å². The van der Waals surface area contributed by atoms with Crippen molar-refractivity contribution in [3.05, 3.63) is 34.3 Å². The van der Waals surface area contributed by atoms with E-state index < -0.39 is 8.26 Å². The molecule has 1 aromatic carbocycles. The average Bonchev–Trinajstić information content (AvgIpc) is 1.92. The van der Waals surface area contributed by atoms with Crippen molar-refractivity contribution in [2.75, 3.05) is 0 Å². The van der Waals surface area contributed by atoms with Crippen molar-refractivity contribution in [2.24, 2.45) is 0 Å². The minimum Gasteiger partial charge on any atom is -0.195 e. The molecule has 0 bridgehead atoms. The topological polar surface area (TPSA) is 34.1 Å². The second-order valence-corrected chi connectivity index (χ2v) is 6.36. The van der Waals surface area contributed by atoms with E-state index in [1.54, 1.807) is 24.3 Å². The lowest BCUT2D eigenvalue weighted by atomic mass is 10.4. The summed E-state index contributed by atoms with van der Waals surface area (Å²) in [6.45, 7) is 0. The molecule has 7 heteroatoms. The number of hydrogen-bond acceptors (Lipinski definition) is 2. The molecule has 0 heterocycles. The van der Waals surface area contributed by atoms with Gasteiger partial charge in [0.05, 0.1) is 0 Å². The highest BCUT2D eigenvalue weighted by Gasteiger charge is 1.88. The maximum atomic E-state index is 9.16. The fraction of sp³-hybridized carbons (Fsp3) is 0. The number of rotatable bonds is 0. The third kappa shape index (κ3) is 12.3. The van der Waals surface area contributed by atoms with Gasteiger partial charge in [-0.15, -0.1) is 0 Å². The van der Waals surface area contributed by atoms with Gasteiger partial charge < -0.3 is 0 Å². The first-order valence-corrected chi connectivity index (χ1v) is 6.73. The highest BCUT2D eigenvalue weighted by molar-refractivity contribution is 8.31. The maximum Gasteiger partial charge on any atom is 0.317 e. The molecule has 0 amide bonds. The first-order valence-electron chi connectivity index (χ1n) is 2.84. The number of halogens is 4. The van der Waals surface area contributed by atoms with E-state index in [1.807, 2.05) is 0 Å². The summed E-state index contributed by atoms with van der Waals surface area (Å²) in [6, 6.07) is 7.02. The lowest BCUT2D eigenvalue weighted by Gasteiger charge is -1.86. The van der Waals surface area contributed by atoms with Crippen LogP contribution >= 0.6 is 44.6 Å². The van der Waals surface area contributed by atoms with E-state index in [-0.39, 0.29) is 0 Å². The van der Waals surface area contributed by atoms with E-state index in [0.29, 0.717) is 0 Å². The zero-order valence-electron chi connectivity index (χ0n) is 6.05. The molecule has 0 unspecified atom stereocenters. The Balaban J connectivity index is 0.000000252. The molecular formula is C6H4Cl4O2S. The van der Waals surface area contributed by atoms with E-state index >= 15 is 0 Å². The van der Waals surface area contributed by atoms with Crippen molar-refractivity contribution in [2.45, 2.75) is 0 Å². The smallest absolute Gasteiger partial charge is 0.195 e. The molecule has 0 saturated heterocycles. The SMILES string of the molecule is Clc1ccc(Cl)cc1.O=S(=O)(Cl)Cl. The largest absolute Gasteiger partial charge is 0.317 e. The van der Waals surface area contributed by atoms with Gasteiger partial charge in [0.15, 0.2) is 0 Å². The Hall–Kier alpha value is 0.330. The van der Waals surface area contributed by atoms with Crippen LogP contribution in [0.15, 0.2) is 24.3 Å². The van der Waals surface area contributed by atoms with Gasteiger partial charge in [-0.05, 0) is 24.3 Å². The third-order valence-corrected chi connectivity index (χ3v) is 1.31.